The summed E-state index contributed by atoms with van der Waals surface area (Å²) in [6.45, 7) is 0.838. The van der Waals surface area contributed by atoms with Crippen LogP contribution in [0.1, 0.15) is 37.2 Å². The molecule has 0 bridgehead atoms. The fraction of sp³-hybridized carbons (Fsp3) is 0.667. The van der Waals surface area contributed by atoms with Crippen molar-refractivity contribution in [3.8, 4) is 0 Å². The van der Waals surface area contributed by atoms with Crippen molar-refractivity contribution in [3.05, 3.63) is 23.7 Å². The monoisotopic (exact) mass is 193 g/mol. The van der Waals surface area contributed by atoms with Gasteiger partial charge < -0.3 is 9.73 Å². The molecule has 1 fully saturated rings. The smallest absolute Gasteiger partial charge is 0.117 e. The lowest BCUT2D eigenvalue weighted by atomic mass is 10.0. The third-order valence-corrected chi connectivity index (χ3v) is 3.03. The lowest BCUT2D eigenvalue weighted by molar-refractivity contribution is 0.415. The summed E-state index contributed by atoms with van der Waals surface area (Å²) in [5.74, 6) is 3.10. The van der Waals surface area contributed by atoms with E-state index < -0.39 is 0 Å². The van der Waals surface area contributed by atoms with Crippen LogP contribution in [0.15, 0.2) is 16.5 Å². The second kappa shape index (κ2) is 4.65. The molecule has 1 heterocycles. The number of hydrogen-bond acceptors (Lipinski definition) is 2. The van der Waals surface area contributed by atoms with E-state index in [9.17, 15) is 0 Å². The van der Waals surface area contributed by atoms with E-state index >= 15 is 0 Å². The Bertz CT molecular complexity index is 274. The summed E-state index contributed by atoms with van der Waals surface area (Å²) in [7, 11) is 1.94. The van der Waals surface area contributed by atoms with E-state index in [-0.39, 0.29) is 0 Å². The van der Waals surface area contributed by atoms with Crippen LogP contribution in [0.2, 0.25) is 0 Å². The Hall–Kier alpha value is -0.760. The van der Waals surface area contributed by atoms with Crippen molar-refractivity contribution in [2.75, 3.05) is 7.05 Å². The van der Waals surface area contributed by atoms with Crippen molar-refractivity contribution in [2.24, 2.45) is 5.92 Å². The molecule has 1 aliphatic rings. The summed E-state index contributed by atoms with van der Waals surface area (Å²) in [5, 5.41) is 3.10. The first-order valence-electron chi connectivity index (χ1n) is 5.60. The van der Waals surface area contributed by atoms with Crippen molar-refractivity contribution in [1.29, 1.82) is 0 Å². The molecule has 0 aromatic carbocycles. The Morgan fingerprint density at radius 2 is 2.00 bits per heavy atom. The average molecular weight is 193 g/mol. The Morgan fingerprint density at radius 1 is 1.29 bits per heavy atom. The Kier molecular flexibility index (Phi) is 3.25. The molecule has 2 heteroatoms. The zero-order chi connectivity index (χ0) is 9.80. The second-order valence-electron chi connectivity index (χ2n) is 4.25. The molecular weight excluding hydrogens is 174 g/mol. The first-order valence-corrected chi connectivity index (χ1v) is 5.60. The molecule has 14 heavy (non-hydrogen) atoms. The zero-order valence-corrected chi connectivity index (χ0v) is 8.88. The van der Waals surface area contributed by atoms with Gasteiger partial charge in [0.2, 0.25) is 0 Å². The fourth-order valence-electron chi connectivity index (χ4n) is 2.30. The van der Waals surface area contributed by atoms with Crippen LogP contribution in [0.4, 0.5) is 0 Å². The van der Waals surface area contributed by atoms with E-state index in [1.807, 2.05) is 7.05 Å². The molecule has 1 aromatic heterocycles. The van der Waals surface area contributed by atoms with Crippen molar-refractivity contribution >= 4 is 0 Å². The highest BCUT2D eigenvalue weighted by Gasteiger charge is 2.16. The van der Waals surface area contributed by atoms with Gasteiger partial charge in [-0.2, -0.15) is 0 Å². The Balaban J connectivity index is 1.88. The third kappa shape index (κ3) is 2.38. The maximum Gasteiger partial charge on any atom is 0.117 e. The van der Waals surface area contributed by atoms with Crippen LogP contribution in [0, 0.1) is 5.92 Å². The molecule has 1 aliphatic carbocycles. The molecule has 0 radical (unpaired) electrons. The SMILES string of the molecule is CNCc1ccc(CC2CCCC2)o1. The topological polar surface area (TPSA) is 25.2 Å². The highest BCUT2D eigenvalue weighted by molar-refractivity contribution is 5.07. The number of nitrogens with one attached hydrogen (secondary N) is 1. The maximum atomic E-state index is 5.72. The molecule has 1 N–H and O–H groups in total. The van der Waals surface area contributed by atoms with Crippen LogP contribution < -0.4 is 5.32 Å². The maximum absolute atomic E-state index is 5.72. The normalized spacial score (nSPS) is 17.8. The van der Waals surface area contributed by atoms with E-state index in [2.05, 4.69) is 17.4 Å². The third-order valence-electron chi connectivity index (χ3n) is 3.03. The fourth-order valence-corrected chi connectivity index (χ4v) is 2.30. The van der Waals surface area contributed by atoms with E-state index in [0.717, 1.165) is 24.6 Å². The van der Waals surface area contributed by atoms with Gasteiger partial charge in [-0.15, -0.1) is 0 Å². The van der Waals surface area contributed by atoms with Crippen LogP contribution in [0.3, 0.4) is 0 Å². The number of furan rings is 1. The first-order chi connectivity index (χ1) is 6.88. The van der Waals surface area contributed by atoms with Crippen molar-refractivity contribution in [3.63, 3.8) is 0 Å². The predicted octanol–water partition coefficient (Wildman–Crippen LogP) is 2.73. The molecule has 0 aliphatic heterocycles. The van der Waals surface area contributed by atoms with Gasteiger partial charge in [-0.1, -0.05) is 25.7 Å². The van der Waals surface area contributed by atoms with Gasteiger partial charge in [0.15, 0.2) is 0 Å². The minimum atomic E-state index is 0.838. The second-order valence-corrected chi connectivity index (χ2v) is 4.25. The summed E-state index contributed by atoms with van der Waals surface area (Å²) in [5.41, 5.74) is 0. The van der Waals surface area contributed by atoms with E-state index in [4.69, 9.17) is 4.42 Å². The van der Waals surface area contributed by atoms with Crippen LogP contribution in [-0.2, 0) is 13.0 Å². The lowest BCUT2D eigenvalue weighted by Gasteiger charge is -2.05. The van der Waals surface area contributed by atoms with Crippen molar-refractivity contribution in [1.82, 2.24) is 5.32 Å². The molecule has 0 amide bonds. The quantitative estimate of drug-likeness (QED) is 0.795. The molecule has 0 unspecified atom stereocenters. The standard InChI is InChI=1S/C12H19NO/c1-13-9-12-7-6-11(14-12)8-10-4-2-3-5-10/h6-7,10,13H,2-5,8-9H2,1H3. The molecule has 2 nitrogen and oxygen atoms in total. The van der Waals surface area contributed by atoms with Gasteiger partial charge in [-0.3, -0.25) is 0 Å². The molecule has 0 atom stereocenters. The summed E-state index contributed by atoms with van der Waals surface area (Å²) in [4.78, 5) is 0. The summed E-state index contributed by atoms with van der Waals surface area (Å²) >= 11 is 0. The predicted molar refractivity (Wildman–Crippen MR) is 57.1 cm³/mol. The van der Waals surface area contributed by atoms with Gasteiger partial charge in [0.1, 0.15) is 11.5 Å². The largest absolute Gasteiger partial charge is 0.465 e. The molecule has 2 rings (SSSR count). The lowest BCUT2D eigenvalue weighted by Crippen LogP contribution is -2.03. The van der Waals surface area contributed by atoms with Crippen LogP contribution in [0.5, 0.6) is 0 Å². The summed E-state index contributed by atoms with van der Waals surface area (Å²) in [6.07, 6.45) is 6.75. The molecule has 0 spiro atoms. The van der Waals surface area contributed by atoms with E-state index in [0.29, 0.717) is 0 Å². The van der Waals surface area contributed by atoms with Gasteiger partial charge in [0.05, 0.1) is 6.54 Å². The molecule has 1 aromatic rings. The van der Waals surface area contributed by atoms with Gasteiger partial charge >= 0.3 is 0 Å². The highest BCUT2D eigenvalue weighted by atomic mass is 16.3. The van der Waals surface area contributed by atoms with Crippen LogP contribution >= 0.6 is 0 Å². The van der Waals surface area contributed by atoms with Gasteiger partial charge in [-0.05, 0) is 25.1 Å². The number of hydrogen-bond donors (Lipinski definition) is 1. The minimum Gasteiger partial charge on any atom is -0.465 e. The highest BCUT2D eigenvalue weighted by Crippen LogP contribution is 2.28. The average Bonchev–Trinajstić information content (AvgIpc) is 2.79. The van der Waals surface area contributed by atoms with Gasteiger partial charge in [0, 0.05) is 6.42 Å². The zero-order valence-electron chi connectivity index (χ0n) is 8.88. The van der Waals surface area contributed by atoms with Crippen LogP contribution in [-0.4, -0.2) is 7.05 Å². The Morgan fingerprint density at radius 3 is 2.71 bits per heavy atom. The van der Waals surface area contributed by atoms with E-state index in [1.165, 1.54) is 31.4 Å². The van der Waals surface area contributed by atoms with E-state index in [1.54, 1.807) is 0 Å². The van der Waals surface area contributed by atoms with Gasteiger partial charge in [0.25, 0.3) is 0 Å². The Labute approximate surface area is 85.7 Å². The van der Waals surface area contributed by atoms with Crippen LogP contribution in [0.25, 0.3) is 0 Å². The molecular formula is C12H19NO. The van der Waals surface area contributed by atoms with Crippen molar-refractivity contribution in [2.45, 2.75) is 38.6 Å². The van der Waals surface area contributed by atoms with Gasteiger partial charge in [-0.25, -0.2) is 0 Å². The first kappa shape index (κ1) is 9.78. The number of rotatable bonds is 4. The minimum absolute atomic E-state index is 0.838. The summed E-state index contributed by atoms with van der Waals surface area (Å²) in [6, 6.07) is 4.21. The summed E-state index contributed by atoms with van der Waals surface area (Å²) < 4.78 is 5.72. The molecule has 1 saturated carbocycles. The molecule has 0 saturated heterocycles. The molecule has 78 valence electrons. The van der Waals surface area contributed by atoms with Crippen molar-refractivity contribution < 1.29 is 4.42 Å².